The van der Waals surface area contributed by atoms with Crippen molar-refractivity contribution in [1.29, 1.82) is 0 Å². The van der Waals surface area contributed by atoms with Crippen molar-refractivity contribution in [1.82, 2.24) is 0 Å². The van der Waals surface area contributed by atoms with Gasteiger partial charge in [-0.15, -0.1) is 0 Å². The number of hydrogen-bond donors (Lipinski definition) is 1. The second-order valence-corrected chi connectivity index (χ2v) is 4.79. The summed E-state index contributed by atoms with van der Waals surface area (Å²) in [6.07, 6.45) is -0.218. The Morgan fingerprint density at radius 1 is 1.32 bits per heavy atom. The molecule has 0 aliphatic carbocycles. The molecule has 19 heavy (non-hydrogen) atoms. The van der Waals surface area contributed by atoms with Crippen LogP contribution < -0.4 is 4.74 Å². The molecule has 0 aliphatic rings. The fourth-order valence-corrected chi connectivity index (χ4v) is 1.88. The first-order chi connectivity index (χ1) is 8.99. The average molecular weight is 266 g/mol. The normalized spacial score (nSPS) is 12.3. The van der Waals surface area contributed by atoms with Gasteiger partial charge in [-0.2, -0.15) is 0 Å². The van der Waals surface area contributed by atoms with Crippen molar-refractivity contribution < 1.29 is 19.4 Å². The summed E-state index contributed by atoms with van der Waals surface area (Å²) in [6, 6.07) is 5.78. The molecule has 0 aliphatic heterocycles. The fourth-order valence-electron chi connectivity index (χ4n) is 1.88. The Labute approximate surface area is 114 Å². The number of aliphatic hydroxyl groups is 1. The molecule has 0 bridgehead atoms. The lowest BCUT2D eigenvalue weighted by Gasteiger charge is -2.17. The summed E-state index contributed by atoms with van der Waals surface area (Å²) >= 11 is 0. The number of methoxy groups -OCH3 is 2. The van der Waals surface area contributed by atoms with Crippen molar-refractivity contribution in [3.05, 3.63) is 29.3 Å². The highest BCUT2D eigenvalue weighted by Crippen LogP contribution is 2.31. The minimum Gasteiger partial charge on any atom is -0.496 e. The quantitative estimate of drug-likeness (QED) is 0.804. The zero-order chi connectivity index (χ0) is 14.4. The number of esters is 1. The third kappa shape index (κ3) is 4.24. The number of ether oxygens (including phenoxy) is 2. The predicted octanol–water partition coefficient (Wildman–Crippen LogP) is 2.81. The molecule has 0 spiro atoms. The summed E-state index contributed by atoms with van der Waals surface area (Å²) in [6.45, 7) is 4.18. The van der Waals surface area contributed by atoms with Crippen LogP contribution in [0.5, 0.6) is 5.75 Å². The molecule has 0 saturated heterocycles. The van der Waals surface area contributed by atoms with Crippen molar-refractivity contribution >= 4 is 5.97 Å². The zero-order valence-corrected chi connectivity index (χ0v) is 12.0. The molecule has 1 rings (SSSR count). The molecule has 1 aromatic rings. The van der Waals surface area contributed by atoms with E-state index < -0.39 is 6.10 Å². The van der Waals surface area contributed by atoms with Crippen molar-refractivity contribution in [2.75, 3.05) is 14.2 Å². The van der Waals surface area contributed by atoms with Crippen LogP contribution in [0.3, 0.4) is 0 Å². The maximum Gasteiger partial charge on any atom is 0.305 e. The molecule has 0 heterocycles. The van der Waals surface area contributed by atoms with Gasteiger partial charge in [-0.25, -0.2) is 0 Å². The van der Waals surface area contributed by atoms with E-state index in [9.17, 15) is 9.90 Å². The number of benzene rings is 1. The molecule has 1 unspecified atom stereocenters. The molecule has 0 amide bonds. The first-order valence-corrected chi connectivity index (χ1v) is 6.42. The fraction of sp³-hybridized carbons (Fsp3) is 0.533. The molecular weight excluding hydrogens is 244 g/mol. The van der Waals surface area contributed by atoms with Gasteiger partial charge in [-0.1, -0.05) is 19.9 Å². The number of carbonyl (C=O) groups excluding carboxylic acids is 1. The van der Waals surface area contributed by atoms with Gasteiger partial charge in [0.1, 0.15) is 5.75 Å². The maximum absolute atomic E-state index is 11.1. The molecule has 0 fully saturated rings. The highest BCUT2D eigenvalue weighted by molar-refractivity contribution is 5.69. The minimum absolute atomic E-state index is 0.187. The highest BCUT2D eigenvalue weighted by Gasteiger charge is 2.16. The summed E-state index contributed by atoms with van der Waals surface area (Å²) in [5.74, 6) is 0.692. The maximum atomic E-state index is 11.1. The summed E-state index contributed by atoms with van der Waals surface area (Å²) in [7, 11) is 2.91. The smallest absolute Gasteiger partial charge is 0.305 e. The molecule has 0 saturated carbocycles. The van der Waals surface area contributed by atoms with Gasteiger partial charge in [0.2, 0.25) is 0 Å². The Balaban J connectivity index is 2.89. The SMILES string of the molecule is COC(=O)CCC(O)c1cc(C(C)C)ccc1OC. The van der Waals surface area contributed by atoms with Crippen LogP contribution >= 0.6 is 0 Å². The Hall–Kier alpha value is -1.55. The lowest BCUT2D eigenvalue weighted by molar-refractivity contribution is -0.141. The van der Waals surface area contributed by atoms with Crippen LogP contribution in [-0.4, -0.2) is 25.3 Å². The summed E-state index contributed by atoms with van der Waals surface area (Å²) in [5, 5.41) is 10.2. The molecule has 106 valence electrons. The van der Waals surface area contributed by atoms with Gasteiger partial charge in [0.25, 0.3) is 0 Å². The summed E-state index contributed by atoms with van der Waals surface area (Å²) in [5.41, 5.74) is 1.85. The number of rotatable bonds is 6. The predicted molar refractivity (Wildman–Crippen MR) is 73.3 cm³/mol. The zero-order valence-electron chi connectivity index (χ0n) is 12.0. The van der Waals surface area contributed by atoms with E-state index in [1.54, 1.807) is 7.11 Å². The highest BCUT2D eigenvalue weighted by atomic mass is 16.5. The molecule has 1 N–H and O–H groups in total. The average Bonchev–Trinajstić information content (AvgIpc) is 2.43. The first kappa shape index (κ1) is 15.5. The minimum atomic E-state index is -0.729. The van der Waals surface area contributed by atoms with Gasteiger partial charge in [0.15, 0.2) is 0 Å². The third-order valence-corrected chi connectivity index (χ3v) is 3.13. The van der Waals surface area contributed by atoms with Crippen LogP contribution in [0.25, 0.3) is 0 Å². The topological polar surface area (TPSA) is 55.8 Å². The van der Waals surface area contributed by atoms with Crippen molar-refractivity contribution in [2.45, 2.75) is 38.7 Å². The number of aliphatic hydroxyl groups excluding tert-OH is 1. The Morgan fingerprint density at radius 3 is 2.53 bits per heavy atom. The van der Waals surface area contributed by atoms with E-state index in [1.165, 1.54) is 7.11 Å². The van der Waals surface area contributed by atoms with Crippen molar-refractivity contribution in [2.24, 2.45) is 0 Å². The lowest BCUT2D eigenvalue weighted by atomic mass is 9.96. The second-order valence-electron chi connectivity index (χ2n) is 4.79. The Bertz CT molecular complexity index is 426. The van der Waals surface area contributed by atoms with Gasteiger partial charge in [-0.05, 0) is 30.0 Å². The van der Waals surface area contributed by atoms with Gasteiger partial charge in [0, 0.05) is 12.0 Å². The number of hydrogen-bond acceptors (Lipinski definition) is 4. The molecular formula is C15H22O4. The Morgan fingerprint density at radius 2 is 2.00 bits per heavy atom. The van der Waals surface area contributed by atoms with E-state index in [2.05, 4.69) is 18.6 Å². The lowest BCUT2D eigenvalue weighted by Crippen LogP contribution is -2.07. The second kappa shape index (κ2) is 7.14. The van der Waals surface area contributed by atoms with Gasteiger partial charge in [0.05, 0.1) is 20.3 Å². The standard InChI is InChI=1S/C15H22O4/c1-10(2)11-5-7-14(18-3)12(9-11)13(16)6-8-15(17)19-4/h5,7,9-10,13,16H,6,8H2,1-4H3. The van der Waals surface area contributed by atoms with Crippen LogP contribution in [0.4, 0.5) is 0 Å². The van der Waals surface area contributed by atoms with Crippen LogP contribution in [-0.2, 0) is 9.53 Å². The molecule has 0 radical (unpaired) electrons. The molecule has 1 aromatic carbocycles. The van der Waals surface area contributed by atoms with Crippen LogP contribution in [0, 0.1) is 0 Å². The van der Waals surface area contributed by atoms with E-state index >= 15 is 0 Å². The van der Waals surface area contributed by atoms with E-state index in [-0.39, 0.29) is 12.4 Å². The van der Waals surface area contributed by atoms with E-state index in [1.807, 2.05) is 18.2 Å². The molecule has 1 atom stereocenters. The molecule has 4 nitrogen and oxygen atoms in total. The van der Waals surface area contributed by atoms with Gasteiger partial charge >= 0.3 is 5.97 Å². The van der Waals surface area contributed by atoms with Crippen LogP contribution in [0.1, 0.15) is 49.8 Å². The van der Waals surface area contributed by atoms with E-state index in [0.717, 1.165) is 11.1 Å². The van der Waals surface area contributed by atoms with Crippen LogP contribution in [0.15, 0.2) is 18.2 Å². The van der Waals surface area contributed by atoms with Crippen molar-refractivity contribution in [3.63, 3.8) is 0 Å². The van der Waals surface area contributed by atoms with Crippen LogP contribution in [0.2, 0.25) is 0 Å². The Kier molecular flexibility index (Phi) is 5.83. The molecule has 4 heteroatoms. The van der Waals surface area contributed by atoms with Gasteiger partial charge in [-0.3, -0.25) is 4.79 Å². The first-order valence-electron chi connectivity index (χ1n) is 6.42. The molecule has 0 aromatic heterocycles. The van der Waals surface area contributed by atoms with E-state index in [4.69, 9.17) is 4.74 Å². The monoisotopic (exact) mass is 266 g/mol. The van der Waals surface area contributed by atoms with Gasteiger partial charge < -0.3 is 14.6 Å². The summed E-state index contributed by atoms with van der Waals surface area (Å²) < 4.78 is 9.83. The summed E-state index contributed by atoms with van der Waals surface area (Å²) in [4.78, 5) is 11.1. The third-order valence-electron chi connectivity index (χ3n) is 3.13. The van der Waals surface area contributed by atoms with Crippen molar-refractivity contribution in [3.8, 4) is 5.75 Å². The largest absolute Gasteiger partial charge is 0.496 e. The van der Waals surface area contributed by atoms with E-state index in [0.29, 0.717) is 18.1 Å². The number of carbonyl (C=O) groups is 1.